The van der Waals surface area contributed by atoms with E-state index in [1.54, 1.807) is 12.1 Å². The monoisotopic (exact) mass is 491 g/mol. The highest BCUT2D eigenvalue weighted by molar-refractivity contribution is 7.99. The number of methoxy groups -OCH3 is 3. The number of thioether (sulfide) groups is 1. The summed E-state index contributed by atoms with van der Waals surface area (Å²) in [7, 11) is 4.44. The molecule has 0 aliphatic heterocycles. The average Bonchev–Trinajstić information content (AvgIpc) is 3.26. The summed E-state index contributed by atoms with van der Waals surface area (Å²) >= 11 is 2.66. The van der Waals surface area contributed by atoms with Crippen molar-refractivity contribution in [3.63, 3.8) is 0 Å². The molecular formula is C22H22FN3O5S2. The van der Waals surface area contributed by atoms with E-state index in [4.69, 9.17) is 14.2 Å². The molecule has 33 heavy (non-hydrogen) atoms. The van der Waals surface area contributed by atoms with E-state index in [0.717, 1.165) is 5.69 Å². The second kappa shape index (κ2) is 11.5. The van der Waals surface area contributed by atoms with Crippen molar-refractivity contribution in [2.75, 3.05) is 37.7 Å². The number of hydrogen-bond donors (Lipinski definition) is 2. The van der Waals surface area contributed by atoms with Crippen LogP contribution in [0.2, 0.25) is 0 Å². The first-order valence-electron chi connectivity index (χ1n) is 9.62. The number of rotatable bonds is 10. The van der Waals surface area contributed by atoms with E-state index in [0.29, 0.717) is 39.4 Å². The third-order valence-electron chi connectivity index (χ3n) is 4.31. The summed E-state index contributed by atoms with van der Waals surface area (Å²) in [5.41, 5.74) is 1.60. The summed E-state index contributed by atoms with van der Waals surface area (Å²) in [6.45, 7) is 0. The molecule has 0 aliphatic rings. The molecule has 0 radical (unpaired) electrons. The number of carbonyl (C=O) groups is 2. The van der Waals surface area contributed by atoms with Gasteiger partial charge in [0.25, 0.3) is 5.91 Å². The zero-order chi connectivity index (χ0) is 23.8. The third-order valence-corrected chi connectivity index (χ3v) is 6.08. The minimum atomic E-state index is -0.374. The standard InChI is InChI=1S/C22H22FN3O5S2/c1-29-17-8-13(9-18(30-2)20(17)31-3)21(28)26-22-25-16(11-33-22)10-32-12-19(27)24-15-6-4-14(23)5-7-15/h4-9,11H,10,12H2,1-3H3,(H,24,27)(H,25,26,28). The number of anilines is 2. The van der Waals surface area contributed by atoms with Crippen molar-refractivity contribution in [3.8, 4) is 17.2 Å². The summed E-state index contributed by atoms with van der Waals surface area (Å²) < 4.78 is 28.8. The largest absolute Gasteiger partial charge is 0.493 e. The highest BCUT2D eigenvalue weighted by Crippen LogP contribution is 2.38. The average molecular weight is 492 g/mol. The van der Waals surface area contributed by atoms with Gasteiger partial charge in [-0.15, -0.1) is 23.1 Å². The van der Waals surface area contributed by atoms with Crippen molar-refractivity contribution >= 4 is 45.7 Å². The van der Waals surface area contributed by atoms with Crippen LogP contribution in [0.5, 0.6) is 17.2 Å². The zero-order valence-electron chi connectivity index (χ0n) is 18.1. The van der Waals surface area contributed by atoms with Gasteiger partial charge in [-0.1, -0.05) is 0 Å². The Bertz CT molecular complexity index is 1100. The van der Waals surface area contributed by atoms with E-state index in [1.165, 1.54) is 68.7 Å². The molecule has 8 nitrogen and oxygen atoms in total. The van der Waals surface area contributed by atoms with Crippen LogP contribution in [0.4, 0.5) is 15.2 Å². The first-order chi connectivity index (χ1) is 15.9. The van der Waals surface area contributed by atoms with Gasteiger partial charge in [-0.3, -0.25) is 14.9 Å². The van der Waals surface area contributed by atoms with Gasteiger partial charge in [-0.25, -0.2) is 9.37 Å². The highest BCUT2D eigenvalue weighted by Gasteiger charge is 2.18. The molecule has 0 atom stereocenters. The third kappa shape index (κ3) is 6.59. The molecule has 2 N–H and O–H groups in total. The van der Waals surface area contributed by atoms with Crippen LogP contribution in [0.15, 0.2) is 41.8 Å². The lowest BCUT2D eigenvalue weighted by molar-refractivity contribution is -0.113. The maximum Gasteiger partial charge on any atom is 0.257 e. The first kappa shape index (κ1) is 24.3. The lowest BCUT2D eigenvalue weighted by Crippen LogP contribution is -2.14. The summed E-state index contributed by atoms with van der Waals surface area (Å²) in [6, 6.07) is 8.68. The molecule has 3 aromatic rings. The Morgan fingerprint density at radius 3 is 2.30 bits per heavy atom. The fraction of sp³-hybridized carbons (Fsp3) is 0.227. The predicted molar refractivity (Wildman–Crippen MR) is 127 cm³/mol. The molecule has 174 valence electrons. The van der Waals surface area contributed by atoms with E-state index in [2.05, 4.69) is 15.6 Å². The molecule has 2 aromatic carbocycles. The number of halogens is 1. The number of nitrogens with one attached hydrogen (secondary N) is 2. The van der Waals surface area contributed by atoms with E-state index in [-0.39, 0.29) is 23.4 Å². The summed E-state index contributed by atoms with van der Waals surface area (Å²) in [4.78, 5) is 29.1. The number of amides is 2. The lowest BCUT2D eigenvalue weighted by atomic mass is 10.1. The molecule has 0 fully saturated rings. The quantitative estimate of drug-likeness (QED) is 0.433. The minimum absolute atomic E-state index is 0.197. The van der Waals surface area contributed by atoms with Gasteiger partial charge in [0.15, 0.2) is 16.6 Å². The van der Waals surface area contributed by atoms with Crippen LogP contribution in [0.25, 0.3) is 0 Å². The Kier molecular flexibility index (Phi) is 8.50. The number of nitrogens with zero attached hydrogens (tertiary/aromatic N) is 1. The van der Waals surface area contributed by atoms with E-state index in [9.17, 15) is 14.0 Å². The Balaban J connectivity index is 1.53. The maximum absolute atomic E-state index is 12.9. The van der Waals surface area contributed by atoms with Crippen molar-refractivity contribution in [1.82, 2.24) is 4.98 Å². The van der Waals surface area contributed by atoms with Crippen molar-refractivity contribution in [1.29, 1.82) is 0 Å². The molecule has 0 saturated heterocycles. The first-order valence-corrected chi connectivity index (χ1v) is 11.7. The molecule has 1 aromatic heterocycles. The minimum Gasteiger partial charge on any atom is -0.493 e. The van der Waals surface area contributed by atoms with Gasteiger partial charge in [-0.05, 0) is 36.4 Å². The molecule has 0 spiro atoms. The molecule has 2 amide bonds. The molecule has 0 aliphatic carbocycles. The van der Waals surface area contributed by atoms with Gasteiger partial charge in [0, 0.05) is 22.4 Å². The number of aromatic nitrogens is 1. The Morgan fingerprint density at radius 1 is 1.03 bits per heavy atom. The summed E-state index contributed by atoms with van der Waals surface area (Å²) in [6.07, 6.45) is 0. The van der Waals surface area contributed by atoms with Crippen molar-refractivity contribution in [2.24, 2.45) is 0 Å². The summed E-state index contributed by atoms with van der Waals surface area (Å²) in [5.74, 6) is 0.913. The number of carbonyl (C=O) groups excluding carboxylic acids is 2. The van der Waals surface area contributed by atoms with Crippen molar-refractivity contribution in [3.05, 3.63) is 58.9 Å². The molecular weight excluding hydrogens is 469 g/mol. The van der Waals surface area contributed by atoms with Gasteiger partial charge < -0.3 is 19.5 Å². The van der Waals surface area contributed by atoms with E-state index < -0.39 is 0 Å². The molecule has 11 heteroatoms. The van der Waals surface area contributed by atoms with Gasteiger partial charge >= 0.3 is 0 Å². The maximum atomic E-state index is 12.9. The highest BCUT2D eigenvalue weighted by atomic mass is 32.2. The van der Waals surface area contributed by atoms with E-state index in [1.807, 2.05) is 5.38 Å². The zero-order valence-corrected chi connectivity index (χ0v) is 19.8. The second-order valence-electron chi connectivity index (χ2n) is 6.56. The molecule has 0 unspecified atom stereocenters. The van der Waals surface area contributed by atoms with Crippen LogP contribution < -0.4 is 24.8 Å². The van der Waals surface area contributed by atoms with Gasteiger partial charge in [0.2, 0.25) is 11.7 Å². The predicted octanol–water partition coefficient (Wildman–Crippen LogP) is 4.43. The smallest absolute Gasteiger partial charge is 0.257 e. The molecule has 3 rings (SSSR count). The SMILES string of the molecule is COc1cc(C(=O)Nc2nc(CSCC(=O)Nc3ccc(F)cc3)cs2)cc(OC)c1OC. The second-order valence-corrected chi connectivity index (χ2v) is 8.40. The van der Waals surface area contributed by atoms with Crippen LogP contribution in [0, 0.1) is 5.82 Å². The van der Waals surface area contributed by atoms with Crippen LogP contribution in [0.1, 0.15) is 16.1 Å². The Morgan fingerprint density at radius 2 is 1.70 bits per heavy atom. The van der Waals surface area contributed by atoms with E-state index >= 15 is 0 Å². The van der Waals surface area contributed by atoms with Crippen LogP contribution in [-0.4, -0.2) is 43.9 Å². The number of ether oxygens (including phenoxy) is 3. The van der Waals surface area contributed by atoms with Gasteiger partial charge in [-0.2, -0.15) is 0 Å². The van der Waals surface area contributed by atoms with Crippen LogP contribution in [0.3, 0.4) is 0 Å². The Hall–Kier alpha value is -3.31. The van der Waals surface area contributed by atoms with Crippen LogP contribution in [-0.2, 0) is 10.5 Å². The number of benzene rings is 2. The Labute approximate surface area is 198 Å². The fourth-order valence-electron chi connectivity index (χ4n) is 2.79. The number of hydrogen-bond acceptors (Lipinski definition) is 8. The molecule has 0 saturated carbocycles. The lowest BCUT2D eigenvalue weighted by Gasteiger charge is -2.13. The molecule has 1 heterocycles. The topological polar surface area (TPSA) is 98.8 Å². The van der Waals surface area contributed by atoms with Gasteiger partial charge in [0.05, 0.1) is 32.8 Å². The molecule has 0 bridgehead atoms. The fourth-order valence-corrected chi connectivity index (χ4v) is 4.32. The summed E-state index contributed by atoms with van der Waals surface area (Å²) in [5, 5.41) is 7.70. The van der Waals surface area contributed by atoms with Crippen LogP contribution >= 0.6 is 23.1 Å². The van der Waals surface area contributed by atoms with Crippen molar-refractivity contribution in [2.45, 2.75) is 5.75 Å². The van der Waals surface area contributed by atoms with Gasteiger partial charge in [0.1, 0.15) is 5.82 Å². The van der Waals surface area contributed by atoms with Crippen molar-refractivity contribution < 1.29 is 28.2 Å². The normalized spacial score (nSPS) is 10.4. The number of thiazole rings is 1.